The average molecular weight is 497 g/mol. The summed E-state index contributed by atoms with van der Waals surface area (Å²) in [5.41, 5.74) is 2.42. The van der Waals surface area contributed by atoms with Crippen LogP contribution in [-0.4, -0.2) is 51.5 Å². The maximum absolute atomic E-state index is 13.2. The van der Waals surface area contributed by atoms with Gasteiger partial charge in [-0.1, -0.05) is 24.3 Å². The fourth-order valence-electron chi connectivity index (χ4n) is 3.55. The molecule has 1 heterocycles. The van der Waals surface area contributed by atoms with Gasteiger partial charge in [0.25, 0.3) is 5.91 Å². The van der Waals surface area contributed by atoms with Crippen LogP contribution in [0.1, 0.15) is 11.1 Å². The van der Waals surface area contributed by atoms with E-state index in [-0.39, 0.29) is 30.3 Å². The fraction of sp³-hybridized carbons (Fsp3) is 0.269. The number of ether oxygens (including phenoxy) is 3. The van der Waals surface area contributed by atoms with E-state index < -0.39 is 15.9 Å². The van der Waals surface area contributed by atoms with Crippen LogP contribution >= 0.6 is 0 Å². The highest BCUT2D eigenvalue weighted by molar-refractivity contribution is 7.89. The van der Waals surface area contributed by atoms with Gasteiger partial charge >= 0.3 is 0 Å². The molecule has 1 aliphatic heterocycles. The molecule has 1 saturated heterocycles. The predicted octanol–water partition coefficient (Wildman–Crippen LogP) is 4.13. The van der Waals surface area contributed by atoms with E-state index in [1.165, 1.54) is 16.4 Å². The van der Waals surface area contributed by atoms with Crippen LogP contribution in [0.3, 0.4) is 0 Å². The Morgan fingerprint density at radius 2 is 1.69 bits per heavy atom. The lowest BCUT2D eigenvalue weighted by atomic mass is 10.1. The molecule has 8 nitrogen and oxygen atoms in total. The van der Waals surface area contributed by atoms with E-state index in [9.17, 15) is 13.2 Å². The van der Waals surface area contributed by atoms with Crippen molar-refractivity contribution in [3.8, 4) is 17.2 Å². The van der Waals surface area contributed by atoms with Crippen molar-refractivity contribution in [2.75, 3.05) is 38.2 Å². The van der Waals surface area contributed by atoms with Crippen molar-refractivity contribution >= 4 is 21.6 Å². The van der Waals surface area contributed by atoms with Gasteiger partial charge in [-0.2, -0.15) is 4.31 Å². The number of carbonyl (C=O) groups is 1. The zero-order valence-electron chi connectivity index (χ0n) is 19.7. The molecule has 1 fully saturated rings. The molecule has 184 valence electrons. The summed E-state index contributed by atoms with van der Waals surface area (Å²) in [6, 6.07) is 19.1. The van der Waals surface area contributed by atoms with Gasteiger partial charge in [0, 0.05) is 13.1 Å². The number of nitrogens with one attached hydrogen (secondary N) is 1. The second-order valence-corrected chi connectivity index (χ2v) is 10.1. The normalized spacial score (nSPS) is 14.3. The number of sulfonamides is 1. The molecule has 0 radical (unpaired) electrons. The highest BCUT2D eigenvalue weighted by atomic mass is 32.2. The third-order valence-electron chi connectivity index (χ3n) is 5.65. The third-order valence-corrected chi connectivity index (χ3v) is 7.55. The van der Waals surface area contributed by atoms with Gasteiger partial charge in [-0.3, -0.25) is 4.79 Å². The lowest BCUT2D eigenvalue weighted by Gasteiger charge is -2.26. The van der Waals surface area contributed by atoms with Gasteiger partial charge in [0.05, 0.1) is 23.8 Å². The van der Waals surface area contributed by atoms with Gasteiger partial charge in [0.2, 0.25) is 10.0 Å². The molecule has 1 amide bonds. The smallest absolute Gasteiger partial charge is 0.262 e. The Kier molecular flexibility index (Phi) is 7.70. The van der Waals surface area contributed by atoms with Crippen molar-refractivity contribution in [3.05, 3.63) is 77.9 Å². The molecule has 4 rings (SSSR count). The number of nitrogens with zero attached hydrogens (tertiary/aromatic N) is 1. The highest BCUT2D eigenvalue weighted by Gasteiger charge is 2.27. The molecule has 0 bridgehead atoms. The zero-order chi connectivity index (χ0) is 24.8. The number of carbonyl (C=O) groups excluding carboxylic acids is 1. The summed E-state index contributed by atoms with van der Waals surface area (Å²) in [5, 5.41) is 2.75. The van der Waals surface area contributed by atoms with Gasteiger partial charge in [0.1, 0.15) is 11.5 Å². The Bertz CT molecular complexity index is 1290. The van der Waals surface area contributed by atoms with E-state index in [1.807, 2.05) is 44.2 Å². The minimum atomic E-state index is -3.76. The number of para-hydroxylation sites is 1. The second kappa shape index (κ2) is 10.9. The summed E-state index contributed by atoms with van der Waals surface area (Å²) in [4.78, 5) is 12.8. The lowest BCUT2D eigenvalue weighted by Crippen LogP contribution is -2.40. The van der Waals surface area contributed by atoms with Crippen molar-refractivity contribution in [2.24, 2.45) is 0 Å². The van der Waals surface area contributed by atoms with Gasteiger partial charge < -0.3 is 19.5 Å². The zero-order valence-corrected chi connectivity index (χ0v) is 20.5. The van der Waals surface area contributed by atoms with Crippen molar-refractivity contribution in [3.63, 3.8) is 0 Å². The van der Waals surface area contributed by atoms with Crippen molar-refractivity contribution in [1.82, 2.24) is 4.31 Å². The summed E-state index contributed by atoms with van der Waals surface area (Å²) in [7, 11) is -3.76. The quantitative estimate of drug-likeness (QED) is 0.504. The van der Waals surface area contributed by atoms with Crippen LogP contribution in [0, 0.1) is 13.8 Å². The highest BCUT2D eigenvalue weighted by Crippen LogP contribution is 2.33. The number of rotatable bonds is 8. The molecule has 0 aromatic heterocycles. The van der Waals surface area contributed by atoms with Gasteiger partial charge in [-0.05, 0) is 67.4 Å². The third kappa shape index (κ3) is 6.19. The Morgan fingerprint density at radius 1 is 0.943 bits per heavy atom. The molecular formula is C26H28N2O6S. The molecule has 0 saturated carbocycles. The number of amides is 1. The molecule has 3 aromatic carbocycles. The maximum atomic E-state index is 13.2. The number of hydrogen-bond donors (Lipinski definition) is 1. The van der Waals surface area contributed by atoms with E-state index in [2.05, 4.69) is 5.32 Å². The van der Waals surface area contributed by atoms with E-state index in [1.54, 1.807) is 24.3 Å². The molecule has 1 N–H and O–H groups in total. The summed E-state index contributed by atoms with van der Waals surface area (Å²) >= 11 is 0. The minimum absolute atomic E-state index is 0.0604. The molecule has 0 unspecified atom stereocenters. The first kappa shape index (κ1) is 24.7. The van der Waals surface area contributed by atoms with E-state index in [4.69, 9.17) is 14.2 Å². The fourth-order valence-corrected chi connectivity index (χ4v) is 4.98. The largest absolute Gasteiger partial charge is 0.484 e. The predicted molar refractivity (Wildman–Crippen MR) is 133 cm³/mol. The number of anilines is 1. The molecule has 3 aromatic rings. The molecule has 1 aliphatic rings. The Hall–Kier alpha value is -3.40. The van der Waals surface area contributed by atoms with E-state index in [0.717, 1.165) is 11.1 Å². The van der Waals surface area contributed by atoms with Crippen LogP contribution in [-0.2, 0) is 19.6 Å². The van der Waals surface area contributed by atoms with Crippen LogP contribution in [0.2, 0.25) is 0 Å². The van der Waals surface area contributed by atoms with Crippen LogP contribution in [0.5, 0.6) is 17.2 Å². The van der Waals surface area contributed by atoms with Crippen LogP contribution in [0.25, 0.3) is 0 Å². The lowest BCUT2D eigenvalue weighted by molar-refractivity contribution is -0.118. The number of benzene rings is 3. The van der Waals surface area contributed by atoms with Crippen molar-refractivity contribution in [1.29, 1.82) is 0 Å². The number of aryl methyl sites for hydroxylation is 2. The second-order valence-electron chi connectivity index (χ2n) is 8.17. The Morgan fingerprint density at radius 3 is 2.40 bits per heavy atom. The topological polar surface area (TPSA) is 94.2 Å². The van der Waals surface area contributed by atoms with Gasteiger partial charge in [-0.15, -0.1) is 0 Å². The summed E-state index contributed by atoms with van der Waals surface area (Å²) in [6.45, 7) is 4.95. The van der Waals surface area contributed by atoms with Gasteiger partial charge in [0.15, 0.2) is 12.4 Å². The van der Waals surface area contributed by atoms with Crippen LogP contribution in [0.15, 0.2) is 71.6 Å². The SMILES string of the molecule is Cc1ccc(OCC(=O)Nc2cc(S(=O)(=O)N3CCOCC3)ccc2Oc2ccccc2)cc1C. The molecule has 9 heteroatoms. The van der Waals surface area contributed by atoms with Crippen LogP contribution < -0.4 is 14.8 Å². The summed E-state index contributed by atoms with van der Waals surface area (Å²) in [5.74, 6) is 1.00. The monoisotopic (exact) mass is 496 g/mol. The first-order chi connectivity index (χ1) is 16.8. The van der Waals surface area contributed by atoms with Crippen molar-refractivity contribution in [2.45, 2.75) is 18.7 Å². The van der Waals surface area contributed by atoms with Gasteiger partial charge in [-0.25, -0.2) is 8.42 Å². The Balaban J connectivity index is 1.56. The number of hydrogen-bond acceptors (Lipinski definition) is 6. The molecule has 0 spiro atoms. The maximum Gasteiger partial charge on any atom is 0.262 e. The summed E-state index contributed by atoms with van der Waals surface area (Å²) in [6.07, 6.45) is 0. The number of morpholine rings is 1. The Labute approximate surface area is 205 Å². The van der Waals surface area contributed by atoms with Crippen molar-refractivity contribution < 1.29 is 27.4 Å². The molecule has 0 atom stereocenters. The molecule has 35 heavy (non-hydrogen) atoms. The van der Waals surface area contributed by atoms with E-state index in [0.29, 0.717) is 30.5 Å². The molecular weight excluding hydrogens is 468 g/mol. The standard InChI is InChI=1S/C26H28N2O6S/c1-19-8-9-22(16-20(19)2)33-18-26(29)27-24-17-23(35(30,31)28-12-14-32-15-13-28)10-11-25(24)34-21-6-4-3-5-7-21/h3-11,16-17H,12-15,18H2,1-2H3,(H,27,29). The van der Waals surface area contributed by atoms with Crippen LogP contribution in [0.4, 0.5) is 5.69 Å². The molecule has 0 aliphatic carbocycles. The first-order valence-corrected chi connectivity index (χ1v) is 12.7. The average Bonchev–Trinajstić information content (AvgIpc) is 2.87. The first-order valence-electron chi connectivity index (χ1n) is 11.3. The van der Waals surface area contributed by atoms with E-state index >= 15 is 0 Å². The minimum Gasteiger partial charge on any atom is -0.484 e. The summed E-state index contributed by atoms with van der Waals surface area (Å²) < 4.78 is 44.5.